The summed E-state index contributed by atoms with van der Waals surface area (Å²) in [6, 6.07) is 4.10. The van der Waals surface area contributed by atoms with Crippen LogP contribution in [0, 0.1) is 6.92 Å². The van der Waals surface area contributed by atoms with E-state index in [0.717, 1.165) is 17.2 Å². The molecule has 0 aliphatic carbocycles. The van der Waals surface area contributed by atoms with E-state index in [4.69, 9.17) is 5.73 Å². The van der Waals surface area contributed by atoms with Gasteiger partial charge in [0.15, 0.2) is 0 Å². The molecule has 5 heteroatoms. The highest BCUT2D eigenvalue weighted by molar-refractivity contribution is 5.11. The Bertz CT molecular complexity index is 518. The number of hydrogen-bond donors (Lipinski definition) is 1. The van der Waals surface area contributed by atoms with Gasteiger partial charge in [0.2, 0.25) is 0 Å². The summed E-state index contributed by atoms with van der Waals surface area (Å²) in [5.41, 5.74) is 8.00. The van der Waals surface area contributed by atoms with Crippen molar-refractivity contribution in [3.05, 3.63) is 41.7 Å². The summed E-state index contributed by atoms with van der Waals surface area (Å²) >= 11 is 0. The Labute approximate surface area is 107 Å². The summed E-state index contributed by atoms with van der Waals surface area (Å²) < 4.78 is 1.94. The molecule has 0 amide bonds. The molecular weight excluding hydrogens is 226 g/mol. The normalized spacial score (nSPS) is 12.9. The molecule has 2 N–H and O–H groups in total. The van der Waals surface area contributed by atoms with Crippen molar-refractivity contribution in [3.63, 3.8) is 0 Å². The molecule has 0 bridgehead atoms. The number of nitrogens with two attached hydrogens (primary N) is 1. The van der Waals surface area contributed by atoms with E-state index in [1.54, 1.807) is 6.20 Å². The number of rotatable bonds is 4. The van der Waals surface area contributed by atoms with Crippen LogP contribution in [-0.2, 0) is 6.42 Å². The molecule has 0 spiro atoms. The van der Waals surface area contributed by atoms with Gasteiger partial charge in [-0.1, -0.05) is 0 Å². The number of hydrogen-bond acceptors (Lipinski definition) is 4. The molecule has 18 heavy (non-hydrogen) atoms. The first kappa shape index (κ1) is 12.7. The van der Waals surface area contributed by atoms with Crippen LogP contribution in [0.1, 0.15) is 43.1 Å². The second-order valence-electron chi connectivity index (χ2n) is 4.72. The smallest absolute Gasteiger partial charge is 0.125 e. The number of aryl methyl sites for hydroxylation is 1. The van der Waals surface area contributed by atoms with Gasteiger partial charge in [-0.2, -0.15) is 5.10 Å². The van der Waals surface area contributed by atoms with Gasteiger partial charge in [0.1, 0.15) is 5.82 Å². The maximum Gasteiger partial charge on any atom is 0.125 e. The lowest BCUT2D eigenvalue weighted by Crippen LogP contribution is -2.16. The topological polar surface area (TPSA) is 69.6 Å². The summed E-state index contributed by atoms with van der Waals surface area (Å²) in [6.45, 7) is 6.07. The Kier molecular flexibility index (Phi) is 3.72. The zero-order chi connectivity index (χ0) is 13.1. The van der Waals surface area contributed by atoms with Crippen LogP contribution in [0.5, 0.6) is 0 Å². The fourth-order valence-electron chi connectivity index (χ4n) is 1.78. The minimum atomic E-state index is -0.137. The van der Waals surface area contributed by atoms with Gasteiger partial charge in [-0.15, -0.1) is 0 Å². The highest BCUT2D eigenvalue weighted by Gasteiger charge is 2.11. The van der Waals surface area contributed by atoms with Crippen LogP contribution in [0.3, 0.4) is 0 Å². The maximum absolute atomic E-state index is 6.14. The van der Waals surface area contributed by atoms with E-state index in [9.17, 15) is 0 Å². The summed E-state index contributed by atoms with van der Waals surface area (Å²) in [4.78, 5) is 8.41. The first-order valence-corrected chi connectivity index (χ1v) is 6.15. The molecule has 0 aliphatic heterocycles. The van der Waals surface area contributed by atoms with Crippen LogP contribution in [0.2, 0.25) is 0 Å². The van der Waals surface area contributed by atoms with Gasteiger partial charge in [-0.05, 0) is 32.9 Å². The minimum Gasteiger partial charge on any atom is -0.322 e. The van der Waals surface area contributed by atoms with Gasteiger partial charge in [-0.25, -0.2) is 9.97 Å². The molecule has 0 aliphatic rings. The fourth-order valence-corrected chi connectivity index (χ4v) is 1.78. The van der Waals surface area contributed by atoms with E-state index in [-0.39, 0.29) is 6.04 Å². The quantitative estimate of drug-likeness (QED) is 0.891. The average Bonchev–Trinajstić information content (AvgIpc) is 2.77. The van der Waals surface area contributed by atoms with Gasteiger partial charge in [0, 0.05) is 24.9 Å². The largest absolute Gasteiger partial charge is 0.322 e. The van der Waals surface area contributed by atoms with Crippen molar-refractivity contribution < 1.29 is 0 Å². The Morgan fingerprint density at radius 2 is 2.11 bits per heavy atom. The lowest BCUT2D eigenvalue weighted by molar-refractivity contribution is 0.522. The van der Waals surface area contributed by atoms with Crippen LogP contribution in [0.25, 0.3) is 0 Å². The molecule has 0 saturated heterocycles. The lowest BCUT2D eigenvalue weighted by Gasteiger charge is -2.10. The van der Waals surface area contributed by atoms with Crippen molar-refractivity contribution in [1.29, 1.82) is 0 Å². The van der Waals surface area contributed by atoms with Gasteiger partial charge in [0.05, 0.1) is 17.4 Å². The molecule has 96 valence electrons. The van der Waals surface area contributed by atoms with Crippen LogP contribution in [-0.4, -0.2) is 19.7 Å². The van der Waals surface area contributed by atoms with E-state index < -0.39 is 0 Å². The molecule has 2 rings (SSSR count). The first-order valence-electron chi connectivity index (χ1n) is 6.15. The van der Waals surface area contributed by atoms with Crippen LogP contribution < -0.4 is 5.73 Å². The van der Waals surface area contributed by atoms with Gasteiger partial charge >= 0.3 is 0 Å². The van der Waals surface area contributed by atoms with Crippen molar-refractivity contribution in [1.82, 2.24) is 19.7 Å². The van der Waals surface area contributed by atoms with E-state index in [2.05, 4.69) is 28.9 Å². The molecule has 2 aromatic heterocycles. The Morgan fingerprint density at radius 3 is 2.72 bits per heavy atom. The second kappa shape index (κ2) is 5.27. The van der Waals surface area contributed by atoms with E-state index >= 15 is 0 Å². The molecule has 0 saturated carbocycles. The number of aromatic nitrogens is 4. The monoisotopic (exact) mass is 245 g/mol. The van der Waals surface area contributed by atoms with E-state index in [1.165, 1.54) is 0 Å². The highest BCUT2D eigenvalue weighted by Crippen LogP contribution is 2.13. The summed E-state index contributed by atoms with van der Waals surface area (Å²) in [5.74, 6) is 0.746. The minimum absolute atomic E-state index is 0.137. The first-order chi connectivity index (χ1) is 8.56. The standard InChI is InChI=1S/C13H19N5/c1-9(2)18-7-5-11(17-18)8-12(14)13-4-6-15-10(3)16-13/h4-7,9,12H,8,14H2,1-3H3. The van der Waals surface area contributed by atoms with Gasteiger partial charge in [-0.3, -0.25) is 4.68 Å². The molecular formula is C13H19N5. The third kappa shape index (κ3) is 2.92. The van der Waals surface area contributed by atoms with Gasteiger partial charge in [0.25, 0.3) is 0 Å². The average molecular weight is 245 g/mol. The Balaban J connectivity index is 2.08. The van der Waals surface area contributed by atoms with Gasteiger partial charge < -0.3 is 5.73 Å². The highest BCUT2D eigenvalue weighted by atomic mass is 15.3. The third-order valence-electron chi connectivity index (χ3n) is 2.80. The predicted molar refractivity (Wildman–Crippen MR) is 70.0 cm³/mol. The van der Waals surface area contributed by atoms with Crippen LogP contribution in [0.4, 0.5) is 0 Å². The molecule has 0 radical (unpaired) electrons. The van der Waals surface area contributed by atoms with Crippen molar-refractivity contribution >= 4 is 0 Å². The molecule has 0 fully saturated rings. The van der Waals surface area contributed by atoms with Crippen LogP contribution in [0.15, 0.2) is 24.5 Å². The maximum atomic E-state index is 6.14. The van der Waals surface area contributed by atoms with Crippen molar-refractivity contribution in [2.24, 2.45) is 5.73 Å². The second-order valence-corrected chi connectivity index (χ2v) is 4.72. The van der Waals surface area contributed by atoms with Crippen molar-refractivity contribution in [3.8, 4) is 0 Å². The molecule has 1 atom stereocenters. The molecule has 2 aromatic rings. The third-order valence-corrected chi connectivity index (χ3v) is 2.80. The molecule has 1 unspecified atom stereocenters. The Morgan fingerprint density at radius 1 is 1.33 bits per heavy atom. The summed E-state index contributed by atoms with van der Waals surface area (Å²) in [5, 5.41) is 4.49. The summed E-state index contributed by atoms with van der Waals surface area (Å²) in [7, 11) is 0. The van der Waals surface area contributed by atoms with E-state index in [0.29, 0.717) is 12.5 Å². The zero-order valence-electron chi connectivity index (χ0n) is 11.0. The summed E-state index contributed by atoms with van der Waals surface area (Å²) in [6.07, 6.45) is 4.42. The van der Waals surface area contributed by atoms with Crippen molar-refractivity contribution in [2.45, 2.75) is 39.3 Å². The number of nitrogens with zero attached hydrogens (tertiary/aromatic N) is 4. The fraction of sp³-hybridized carbons (Fsp3) is 0.462. The lowest BCUT2D eigenvalue weighted by atomic mass is 10.1. The van der Waals surface area contributed by atoms with E-state index in [1.807, 2.05) is 29.9 Å². The van der Waals surface area contributed by atoms with Crippen LogP contribution >= 0.6 is 0 Å². The predicted octanol–water partition coefficient (Wildman–Crippen LogP) is 1.80. The SMILES string of the molecule is Cc1nccc(C(N)Cc2ccn(C(C)C)n2)n1. The van der Waals surface area contributed by atoms with Crippen molar-refractivity contribution in [2.75, 3.05) is 0 Å². The zero-order valence-corrected chi connectivity index (χ0v) is 11.0. The molecule has 2 heterocycles. The Hall–Kier alpha value is -1.75. The molecule has 0 aromatic carbocycles. The molecule has 5 nitrogen and oxygen atoms in total.